The zero-order chi connectivity index (χ0) is 16.4. The molecular weight excluding hydrogens is 329 g/mol. The lowest BCUT2D eigenvalue weighted by atomic mass is 10.00. The highest BCUT2D eigenvalue weighted by molar-refractivity contribution is 7.81. The van der Waals surface area contributed by atoms with Crippen LogP contribution in [0.15, 0.2) is 0 Å². The van der Waals surface area contributed by atoms with Crippen LogP contribution in [0.5, 0.6) is 0 Å². The fraction of sp³-hybridized carbons (Fsp3) is 1.00. The van der Waals surface area contributed by atoms with Gasteiger partial charge in [-0.3, -0.25) is 0 Å². The predicted octanol–water partition coefficient (Wildman–Crippen LogP) is -2.37. The molecule has 0 aliphatic carbocycles. The van der Waals surface area contributed by atoms with Crippen LogP contribution in [-0.4, -0.2) is 78.9 Å². The Bertz CT molecular complexity index is 439. The van der Waals surface area contributed by atoms with Crippen molar-refractivity contribution >= 4 is 10.4 Å². The van der Waals surface area contributed by atoms with Crippen molar-refractivity contribution in [1.82, 2.24) is 0 Å². The average Bonchev–Trinajstić information content (AvgIpc) is 2.36. The average molecular weight is 342 g/mol. The summed E-state index contributed by atoms with van der Waals surface area (Å²) in [5.74, 6) is 0. The van der Waals surface area contributed by atoms with E-state index in [9.17, 15) is 31.8 Å². The lowest BCUT2D eigenvalue weighted by Crippen LogP contribution is -2.58. The van der Waals surface area contributed by atoms with Gasteiger partial charge in [-0.25, -0.2) is 8.37 Å². The molecule has 1 heterocycles. The second-order valence-electron chi connectivity index (χ2n) is 4.11. The van der Waals surface area contributed by atoms with Crippen LogP contribution < -0.4 is 0 Å². The van der Waals surface area contributed by atoms with E-state index in [2.05, 4.69) is 13.1 Å². The molecule has 21 heavy (non-hydrogen) atoms. The molecule has 126 valence electrons. The third kappa shape index (κ3) is 5.63. The Labute approximate surface area is 116 Å². The Morgan fingerprint density at radius 1 is 1.00 bits per heavy atom. The first kappa shape index (κ1) is 18.5. The van der Waals surface area contributed by atoms with E-state index in [1.165, 1.54) is 0 Å². The highest BCUT2D eigenvalue weighted by atomic mass is 32.3. The maximum atomic E-state index is 11.8. The van der Waals surface area contributed by atoms with E-state index in [-0.39, 0.29) is 0 Å². The lowest BCUT2D eigenvalue weighted by molar-refractivity contribution is -0.285. The number of hydrogen-bond acceptors (Lipinski definition) is 9. The number of aliphatic hydroxyl groups excluding tert-OH is 4. The van der Waals surface area contributed by atoms with Crippen molar-refractivity contribution in [1.29, 1.82) is 0 Å². The van der Waals surface area contributed by atoms with E-state index in [1.54, 1.807) is 0 Å². The summed E-state index contributed by atoms with van der Waals surface area (Å²) in [6.45, 7) is -3.14. The number of hydrogen-bond donors (Lipinski definition) is 4. The van der Waals surface area contributed by atoms with Crippen LogP contribution in [0.2, 0.25) is 0 Å². The molecular formula is C8H13F3O9S. The van der Waals surface area contributed by atoms with E-state index < -0.39 is 60.5 Å². The summed E-state index contributed by atoms with van der Waals surface area (Å²) in [6, 6.07) is 0. The fourth-order valence-corrected chi connectivity index (χ4v) is 2.04. The summed E-state index contributed by atoms with van der Waals surface area (Å²) in [4.78, 5) is 0. The van der Waals surface area contributed by atoms with Crippen molar-refractivity contribution in [3.63, 3.8) is 0 Å². The summed E-state index contributed by atoms with van der Waals surface area (Å²) < 4.78 is 69.4. The van der Waals surface area contributed by atoms with Crippen molar-refractivity contribution in [2.24, 2.45) is 0 Å². The summed E-state index contributed by atoms with van der Waals surface area (Å²) in [6.07, 6.45) is -14.0. The van der Waals surface area contributed by atoms with Gasteiger partial charge >= 0.3 is 16.6 Å². The molecule has 0 saturated carbocycles. The summed E-state index contributed by atoms with van der Waals surface area (Å²) in [5, 5.41) is 37.0. The maximum absolute atomic E-state index is 11.8. The third-order valence-corrected chi connectivity index (χ3v) is 3.26. The molecule has 0 spiro atoms. The molecule has 1 aliphatic rings. The number of ether oxygens (including phenoxy) is 1. The molecule has 0 aromatic rings. The Hall–Kier alpha value is -0.540. The van der Waals surface area contributed by atoms with E-state index >= 15 is 0 Å². The normalized spacial score (nSPS) is 34.9. The zero-order valence-electron chi connectivity index (χ0n) is 10.2. The van der Waals surface area contributed by atoms with Crippen LogP contribution in [0.3, 0.4) is 0 Å². The second-order valence-corrected chi connectivity index (χ2v) is 5.39. The molecule has 1 unspecified atom stereocenters. The minimum absolute atomic E-state index is 1.04. The van der Waals surface area contributed by atoms with Gasteiger partial charge in [0.25, 0.3) is 0 Å². The molecule has 1 aliphatic heterocycles. The van der Waals surface area contributed by atoms with Crippen LogP contribution >= 0.6 is 0 Å². The smallest absolute Gasteiger partial charge is 0.387 e. The molecule has 0 aromatic carbocycles. The second kappa shape index (κ2) is 6.70. The molecule has 0 amide bonds. The fourth-order valence-electron chi connectivity index (χ4n) is 1.39. The third-order valence-electron chi connectivity index (χ3n) is 2.43. The molecule has 13 heteroatoms. The van der Waals surface area contributed by atoms with Gasteiger partial charge in [0.15, 0.2) is 12.9 Å². The summed E-state index contributed by atoms with van der Waals surface area (Å²) in [7, 11) is -5.02. The largest absolute Gasteiger partial charge is 0.413 e. The number of alkyl halides is 3. The van der Waals surface area contributed by atoms with E-state index in [0.717, 1.165) is 0 Å². The quantitative estimate of drug-likeness (QED) is 0.431. The summed E-state index contributed by atoms with van der Waals surface area (Å²) >= 11 is 0. The molecule has 0 radical (unpaired) electrons. The molecule has 0 aromatic heterocycles. The van der Waals surface area contributed by atoms with Crippen molar-refractivity contribution in [2.75, 3.05) is 13.2 Å². The molecule has 1 saturated heterocycles. The van der Waals surface area contributed by atoms with Crippen molar-refractivity contribution < 1.29 is 55.1 Å². The van der Waals surface area contributed by atoms with Crippen LogP contribution in [0, 0.1) is 0 Å². The number of halogens is 3. The molecule has 5 atom stereocenters. The van der Waals surface area contributed by atoms with Gasteiger partial charge in [0.2, 0.25) is 0 Å². The van der Waals surface area contributed by atoms with Crippen LogP contribution in [0.25, 0.3) is 0 Å². The standard InChI is InChI=1S/C8H13F3O9S/c9-8(10,11)2-19-21(16,17)18-1-3-4(12)5(13)6(14)7(15)20-3/h3-7,12-15H,1-2H2/t3-,4-,5+,6-,7?/m1/s1. The molecule has 9 nitrogen and oxygen atoms in total. The first-order valence-electron chi connectivity index (χ1n) is 5.41. The Kier molecular flexibility index (Phi) is 5.91. The first-order valence-corrected chi connectivity index (χ1v) is 6.74. The first-order chi connectivity index (χ1) is 9.43. The van der Waals surface area contributed by atoms with Gasteiger partial charge in [0, 0.05) is 0 Å². The molecule has 0 bridgehead atoms. The zero-order valence-corrected chi connectivity index (χ0v) is 11.0. The number of rotatable bonds is 5. The molecule has 4 N–H and O–H groups in total. The van der Waals surface area contributed by atoms with Gasteiger partial charge in [0.05, 0.1) is 6.61 Å². The minimum atomic E-state index is -5.02. The topological polar surface area (TPSA) is 143 Å². The van der Waals surface area contributed by atoms with E-state index in [0.29, 0.717) is 0 Å². The monoisotopic (exact) mass is 342 g/mol. The number of aliphatic hydroxyl groups is 4. The Morgan fingerprint density at radius 3 is 2.10 bits per heavy atom. The molecule has 1 rings (SSSR count). The van der Waals surface area contributed by atoms with Gasteiger partial charge in [-0.05, 0) is 0 Å². The molecule has 1 fully saturated rings. The Morgan fingerprint density at radius 2 is 1.57 bits per heavy atom. The summed E-state index contributed by atoms with van der Waals surface area (Å²) in [5.41, 5.74) is 0. The van der Waals surface area contributed by atoms with Crippen molar-refractivity contribution in [2.45, 2.75) is 36.9 Å². The van der Waals surface area contributed by atoms with Gasteiger partial charge in [-0.2, -0.15) is 21.6 Å². The highest BCUT2D eigenvalue weighted by Crippen LogP contribution is 2.21. The van der Waals surface area contributed by atoms with Crippen molar-refractivity contribution in [3.8, 4) is 0 Å². The maximum Gasteiger partial charge on any atom is 0.413 e. The lowest BCUT2D eigenvalue weighted by Gasteiger charge is -2.37. The predicted molar refractivity (Wildman–Crippen MR) is 55.8 cm³/mol. The van der Waals surface area contributed by atoms with E-state index in [4.69, 9.17) is 10.2 Å². The van der Waals surface area contributed by atoms with Gasteiger partial charge < -0.3 is 25.2 Å². The van der Waals surface area contributed by atoms with Gasteiger partial charge in [0.1, 0.15) is 24.4 Å². The van der Waals surface area contributed by atoms with Crippen LogP contribution in [0.1, 0.15) is 0 Å². The van der Waals surface area contributed by atoms with Crippen molar-refractivity contribution in [3.05, 3.63) is 0 Å². The SMILES string of the molecule is O=S(=O)(OC[C@H]1OC(O)[C@H](O)[C@@H](O)[C@@H]1O)OCC(F)(F)F. The highest BCUT2D eigenvalue weighted by Gasteiger charge is 2.43. The van der Waals surface area contributed by atoms with Crippen LogP contribution in [0.4, 0.5) is 13.2 Å². The minimum Gasteiger partial charge on any atom is -0.387 e. The van der Waals surface area contributed by atoms with Crippen LogP contribution in [-0.2, 0) is 23.5 Å². The van der Waals surface area contributed by atoms with Gasteiger partial charge in [-0.15, -0.1) is 0 Å². The van der Waals surface area contributed by atoms with Gasteiger partial charge in [-0.1, -0.05) is 0 Å². The Balaban J connectivity index is 2.54. The van der Waals surface area contributed by atoms with E-state index in [1.807, 2.05) is 0 Å².